The van der Waals surface area contributed by atoms with Crippen LogP contribution in [0.4, 0.5) is 24.5 Å². The lowest BCUT2D eigenvalue weighted by atomic mass is 10.1. The molecule has 0 aliphatic carbocycles. The van der Waals surface area contributed by atoms with E-state index in [1.807, 2.05) is 16.7 Å². The molecular weight excluding hydrogens is 489 g/mol. The van der Waals surface area contributed by atoms with Gasteiger partial charge in [-0.25, -0.2) is 4.79 Å². The van der Waals surface area contributed by atoms with E-state index in [1.165, 1.54) is 6.07 Å². The Kier molecular flexibility index (Phi) is 7.91. The topological polar surface area (TPSA) is 86.9 Å². The molecule has 2 heterocycles. The van der Waals surface area contributed by atoms with Gasteiger partial charge in [-0.15, -0.1) is 0 Å². The highest BCUT2D eigenvalue weighted by Crippen LogP contribution is 2.33. The maximum absolute atomic E-state index is 13.1. The van der Waals surface area contributed by atoms with Crippen LogP contribution in [0.3, 0.4) is 0 Å². The third-order valence-electron chi connectivity index (χ3n) is 6.10. The molecular formula is C26H29F3N4O4. The highest BCUT2D eigenvalue weighted by atomic mass is 19.4. The minimum Gasteiger partial charge on any atom is -0.494 e. The number of carbonyl (C=O) groups excluding carboxylic acids is 2. The number of rotatable bonds is 8. The highest BCUT2D eigenvalue weighted by Gasteiger charge is 2.31. The van der Waals surface area contributed by atoms with Gasteiger partial charge in [0.1, 0.15) is 11.4 Å². The summed E-state index contributed by atoms with van der Waals surface area (Å²) in [6.07, 6.45) is -4.40. The zero-order valence-electron chi connectivity index (χ0n) is 20.7. The van der Waals surface area contributed by atoms with Gasteiger partial charge in [-0.2, -0.15) is 13.2 Å². The number of ether oxygens (including phenoxy) is 2. The average Bonchev–Trinajstić information content (AvgIpc) is 3.22. The first-order valence-electron chi connectivity index (χ1n) is 12.1. The molecule has 0 saturated carbocycles. The molecule has 1 amide bonds. The van der Waals surface area contributed by atoms with E-state index in [-0.39, 0.29) is 24.8 Å². The second-order valence-corrected chi connectivity index (χ2v) is 8.60. The normalized spacial score (nSPS) is 14.6. The second-order valence-electron chi connectivity index (χ2n) is 8.60. The van der Waals surface area contributed by atoms with E-state index in [9.17, 15) is 22.8 Å². The first-order chi connectivity index (χ1) is 17.7. The Bertz CT molecular complexity index is 1270. The van der Waals surface area contributed by atoms with Crippen LogP contribution >= 0.6 is 0 Å². The Labute approximate surface area is 212 Å². The summed E-state index contributed by atoms with van der Waals surface area (Å²) >= 11 is 0. The average molecular weight is 519 g/mol. The SMILES string of the molecule is CCOC(=O)c1[nH]c2ccc(OCC)cc2c1NC(=O)CN1CCN(c2cccc(C(F)(F)F)c2)CC1. The third kappa shape index (κ3) is 6.16. The van der Waals surface area contributed by atoms with Gasteiger partial charge in [0.2, 0.25) is 5.91 Å². The highest BCUT2D eigenvalue weighted by molar-refractivity contribution is 6.11. The molecule has 0 radical (unpaired) electrons. The Morgan fingerprint density at radius 2 is 1.78 bits per heavy atom. The van der Waals surface area contributed by atoms with Gasteiger partial charge < -0.3 is 24.7 Å². The molecule has 37 heavy (non-hydrogen) atoms. The summed E-state index contributed by atoms with van der Waals surface area (Å²) in [7, 11) is 0. The molecule has 1 saturated heterocycles. The fourth-order valence-corrected chi connectivity index (χ4v) is 4.34. The smallest absolute Gasteiger partial charge is 0.416 e. The first-order valence-corrected chi connectivity index (χ1v) is 12.1. The molecule has 1 aliphatic rings. The summed E-state index contributed by atoms with van der Waals surface area (Å²) in [4.78, 5) is 32.3. The van der Waals surface area contributed by atoms with Gasteiger partial charge in [-0.1, -0.05) is 6.07 Å². The van der Waals surface area contributed by atoms with Crippen molar-refractivity contribution in [3.63, 3.8) is 0 Å². The summed E-state index contributed by atoms with van der Waals surface area (Å²) in [5, 5.41) is 3.47. The molecule has 1 aromatic heterocycles. The Balaban J connectivity index is 1.44. The van der Waals surface area contributed by atoms with Crippen molar-refractivity contribution in [2.75, 3.05) is 56.2 Å². The number of nitrogens with one attached hydrogen (secondary N) is 2. The summed E-state index contributed by atoms with van der Waals surface area (Å²) < 4.78 is 49.9. The number of carbonyl (C=O) groups is 2. The number of hydrogen-bond donors (Lipinski definition) is 2. The lowest BCUT2D eigenvalue weighted by Gasteiger charge is -2.36. The van der Waals surface area contributed by atoms with Crippen molar-refractivity contribution in [2.45, 2.75) is 20.0 Å². The summed E-state index contributed by atoms with van der Waals surface area (Å²) in [5.74, 6) is -0.298. The number of fused-ring (bicyclic) bond motifs is 1. The van der Waals surface area contributed by atoms with E-state index in [1.54, 1.807) is 31.2 Å². The van der Waals surface area contributed by atoms with Gasteiger partial charge in [0.15, 0.2) is 0 Å². The molecule has 1 fully saturated rings. The number of esters is 1. The molecule has 198 valence electrons. The number of anilines is 2. The lowest BCUT2D eigenvalue weighted by molar-refractivity contribution is -0.137. The molecule has 0 unspecified atom stereocenters. The zero-order chi connectivity index (χ0) is 26.6. The minimum atomic E-state index is -4.40. The molecule has 4 rings (SSSR count). The number of aromatic nitrogens is 1. The van der Waals surface area contributed by atoms with Crippen LogP contribution in [-0.4, -0.2) is 67.7 Å². The monoisotopic (exact) mass is 518 g/mol. The van der Waals surface area contributed by atoms with Crippen molar-refractivity contribution >= 4 is 34.2 Å². The number of aromatic amines is 1. The molecule has 11 heteroatoms. The number of benzene rings is 2. The van der Waals surface area contributed by atoms with Crippen molar-refractivity contribution < 1.29 is 32.2 Å². The van der Waals surface area contributed by atoms with Crippen LogP contribution < -0.4 is 15.0 Å². The standard InChI is InChI=1S/C26H29F3N4O4/c1-3-36-19-8-9-21-20(15-19)23(24(30-21)25(35)37-4-2)31-22(34)16-32-10-12-33(13-11-32)18-7-5-6-17(14-18)26(27,28)29/h5-9,14-15,30H,3-4,10-13,16H2,1-2H3,(H,31,34). The van der Waals surface area contributed by atoms with Crippen LogP contribution in [0.25, 0.3) is 10.9 Å². The maximum Gasteiger partial charge on any atom is 0.416 e. The van der Waals surface area contributed by atoms with Gasteiger partial charge >= 0.3 is 12.1 Å². The van der Waals surface area contributed by atoms with Gasteiger partial charge in [0.05, 0.1) is 31.0 Å². The van der Waals surface area contributed by atoms with E-state index >= 15 is 0 Å². The first kappa shape index (κ1) is 26.3. The largest absolute Gasteiger partial charge is 0.494 e. The van der Waals surface area contributed by atoms with Crippen molar-refractivity contribution in [1.29, 1.82) is 0 Å². The molecule has 0 atom stereocenters. The van der Waals surface area contributed by atoms with E-state index in [0.717, 1.165) is 12.1 Å². The number of piperazine rings is 1. The van der Waals surface area contributed by atoms with E-state index in [4.69, 9.17) is 9.47 Å². The fraction of sp³-hybridized carbons (Fsp3) is 0.385. The van der Waals surface area contributed by atoms with E-state index in [2.05, 4.69) is 10.3 Å². The van der Waals surface area contributed by atoms with Gasteiger partial charge in [-0.05, 0) is 50.2 Å². The number of halogens is 3. The lowest BCUT2D eigenvalue weighted by Crippen LogP contribution is -2.48. The minimum absolute atomic E-state index is 0.0660. The van der Waals surface area contributed by atoms with Gasteiger partial charge in [0, 0.05) is 42.8 Å². The number of nitrogens with zero attached hydrogens (tertiary/aromatic N) is 2. The number of hydrogen-bond acceptors (Lipinski definition) is 6. The summed E-state index contributed by atoms with van der Waals surface area (Å²) in [6, 6.07) is 10.5. The van der Waals surface area contributed by atoms with Crippen LogP contribution in [0.15, 0.2) is 42.5 Å². The van der Waals surface area contributed by atoms with Crippen molar-refractivity contribution in [3.8, 4) is 5.75 Å². The zero-order valence-corrected chi connectivity index (χ0v) is 20.7. The Morgan fingerprint density at radius 3 is 2.46 bits per heavy atom. The summed E-state index contributed by atoms with van der Waals surface area (Å²) in [5.41, 5.74) is 0.935. The maximum atomic E-state index is 13.1. The van der Waals surface area contributed by atoms with Crippen LogP contribution in [0.5, 0.6) is 5.75 Å². The fourth-order valence-electron chi connectivity index (χ4n) is 4.34. The predicted molar refractivity (Wildman–Crippen MR) is 134 cm³/mol. The third-order valence-corrected chi connectivity index (χ3v) is 6.10. The molecule has 0 bridgehead atoms. The number of H-pyrrole nitrogens is 1. The van der Waals surface area contributed by atoms with Crippen molar-refractivity contribution in [2.24, 2.45) is 0 Å². The van der Waals surface area contributed by atoms with Crippen LogP contribution in [-0.2, 0) is 15.7 Å². The second kappa shape index (κ2) is 11.1. The van der Waals surface area contributed by atoms with Crippen molar-refractivity contribution in [3.05, 3.63) is 53.7 Å². The molecule has 8 nitrogen and oxygen atoms in total. The van der Waals surface area contributed by atoms with Gasteiger partial charge in [0.25, 0.3) is 0 Å². The molecule has 3 aromatic rings. The number of alkyl halides is 3. The van der Waals surface area contributed by atoms with Crippen LogP contribution in [0.1, 0.15) is 29.9 Å². The van der Waals surface area contributed by atoms with Gasteiger partial charge in [-0.3, -0.25) is 9.69 Å². The molecule has 0 spiro atoms. The molecule has 2 N–H and O–H groups in total. The van der Waals surface area contributed by atoms with E-state index in [0.29, 0.717) is 60.8 Å². The Morgan fingerprint density at radius 1 is 1.03 bits per heavy atom. The Hall–Kier alpha value is -3.73. The quantitative estimate of drug-likeness (QED) is 0.427. The van der Waals surface area contributed by atoms with Crippen molar-refractivity contribution in [1.82, 2.24) is 9.88 Å². The molecule has 2 aromatic carbocycles. The van der Waals surface area contributed by atoms with Crippen LogP contribution in [0, 0.1) is 0 Å². The number of amides is 1. The van der Waals surface area contributed by atoms with Crippen LogP contribution in [0.2, 0.25) is 0 Å². The summed E-state index contributed by atoms with van der Waals surface area (Å²) in [6.45, 7) is 6.23. The van der Waals surface area contributed by atoms with E-state index < -0.39 is 17.7 Å². The molecule has 1 aliphatic heterocycles. The predicted octanol–water partition coefficient (Wildman–Crippen LogP) is 4.52.